The molecule has 3 aromatic rings. The number of aryl methyl sites for hydroxylation is 1. The summed E-state index contributed by atoms with van der Waals surface area (Å²) in [4.78, 5) is 32.4. The van der Waals surface area contributed by atoms with E-state index in [9.17, 15) is 9.59 Å². The van der Waals surface area contributed by atoms with Crippen molar-refractivity contribution in [3.63, 3.8) is 0 Å². The first-order chi connectivity index (χ1) is 15.1. The van der Waals surface area contributed by atoms with Gasteiger partial charge >= 0.3 is 0 Å². The minimum absolute atomic E-state index is 0.0226. The molecule has 6 nitrogen and oxygen atoms in total. The number of fused-ring (bicyclic) bond motifs is 1. The number of pyridine rings is 2. The third kappa shape index (κ3) is 4.00. The molecule has 6 heteroatoms. The van der Waals surface area contributed by atoms with Crippen molar-refractivity contribution in [1.82, 2.24) is 19.8 Å². The van der Waals surface area contributed by atoms with E-state index in [2.05, 4.69) is 27.3 Å². The van der Waals surface area contributed by atoms with E-state index in [-0.39, 0.29) is 23.3 Å². The van der Waals surface area contributed by atoms with E-state index < -0.39 is 0 Å². The summed E-state index contributed by atoms with van der Waals surface area (Å²) >= 11 is 0. The second-order valence-corrected chi connectivity index (χ2v) is 8.83. The number of hydrogen-bond acceptors (Lipinski definition) is 4. The number of nitrogens with one attached hydrogen (secondary N) is 1. The summed E-state index contributed by atoms with van der Waals surface area (Å²) in [6.45, 7) is 2.13. The van der Waals surface area contributed by atoms with E-state index in [1.54, 1.807) is 17.7 Å². The van der Waals surface area contributed by atoms with Gasteiger partial charge in [0, 0.05) is 56.2 Å². The molecule has 1 aromatic carbocycles. The van der Waals surface area contributed by atoms with Crippen molar-refractivity contribution < 1.29 is 4.79 Å². The molecular weight excluding hydrogens is 388 g/mol. The minimum atomic E-state index is -0.155. The van der Waals surface area contributed by atoms with E-state index in [1.807, 2.05) is 36.8 Å². The molecule has 0 spiro atoms. The predicted octanol–water partition coefficient (Wildman–Crippen LogP) is 2.82. The summed E-state index contributed by atoms with van der Waals surface area (Å²) in [6, 6.07) is 12.3. The van der Waals surface area contributed by atoms with Crippen molar-refractivity contribution in [2.75, 3.05) is 13.1 Å². The van der Waals surface area contributed by atoms with Crippen LogP contribution in [-0.4, -0.2) is 39.5 Å². The monoisotopic (exact) mass is 416 g/mol. The van der Waals surface area contributed by atoms with Crippen LogP contribution in [0.5, 0.6) is 0 Å². The van der Waals surface area contributed by atoms with Gasteiger partial charge in [0.1, 0.15) is 0 Å². The zero-order valence-corrected chi connectivity index (χ0v) is 17.8. The number of piperidine rings is 1. The lowest BCUT2D eigenvalue weighted by molar-refractivity contribution is -0.138. The zero-order chi connectivity index (χ0) is 21.4. The molecule has 1 saturated heterocycles. The Hall–Kier alpha value is -2.99. The Morgan fingerprint density at radius 1 is 1.23 bits per heavy atom. The smallest absolute Gasteiger partial charge is 0.250 e. The van der Waals surface area contributed by atoms with Crippen molar-refractivity contribution in [3.8, 4) is 0 Å². The molecule has 0 radical (unpaired) electrons. The normalized spacial score (nSPS) is 21.2. The molecule has 3 heterocycles. The van der Waals surface area contributed by atoms with Gasteiger partial charge in [0.25, 0.3) is 5.56 Å². The summed E-state index contributed by atoms with van der Waals surface area (Å²) in [5.41, 5.74) is 2.12. The quantitative estimate of drug-likeness (QED) is 0.695. The highest BCUT2D eigenvalue weighted by molar-refractivity contribution is 5.86. The maximum absolute atomic E-state index is 13.8. The van der Waals surface area contributed by atoms with Gasteiger partial charge in [-0.05, 0) is 60.4 Å². The van der Waals surface area contributed by atoms with Crippen molar-refractivity contribution in [1.29, 1.82) is 0 Å². The lowest BCUT2D eigenvalue weighted by Crippen LogP contribution is -2.47. The Kier molecular flexibility index (Phi) is 5.32. The van der Waals surface area contributed by atoms with Crippen molar-refractivity contribution >= 4 is 16.7 Å². The number of amides is 1. The topological polar surface area (TPSA) is 67.2 Å². The van der Waals surface area contributed by atoms with Gasteiger partial charge in [0.15, 0.2) is 0 Å². The summed E-state index contributed by atoms with van der Waals surface area (Å²) in [7, 11) is 1.76. The van der Waals surface area contributed by atoms with E-state index in [4.69, 9.17) is 0 Å². The average Bonchev–Trinajstić information content (AvgIpc) is 3.64. The summed E-state index contributed by atoms with van der Waals surface area (Å²) in [5.74, 6) is 0.116. The average molecular weight is 417 g/mol. The number of aromatic nitrogens is 2. The maximum Gasteiger partial charge on any atom is 0.250 e. The maximum atomic E-state index is 13.8. The van der Waals surface area contributed by atoms with Crippen LogP contribution < -0.4 is 10.9 Å². The zero-order valence-electron chi connectivity index (χ0n) is 17.8. The highest BCUT2D eigenvalue weighted by atomic mass is 16.2. The first-order valence-corrected chi connectivity index (χ1v) is 11.1. The number of hydrogen-bond donors (Lipinski definition) is 1. The molecule has 1 aliphatic carbocycles. The molecule has 2 fully saturated rings. The Bertz CT molecular complexity index is 1160. The van der Waals surface area contributed by atoms with Crippen LogP contribution in [0.4, 0.5) is 0 Å². The molecule has 1 aliphatic heterocycles. The summed E-state index contributed by atoms with van der Waals surface area (Å²) in [5, 5.41) is 5.66. The molecule has 1 amide bonds. The number of nitrogens with zero attached hydrogens (tertiary/aromatic N) is 3. The molecule has 1 N–H and O–H groups in total. The van der Waals surface area contributed by atoms with E-state index in [0.29, 0.717) is 19.1 Å². The van der Waals surface area contributed by atoms with Crippen LogP contribution in [0.2, 0.25) is 0 Å². The molecule has 31 heavy (non-hydrogen) atoms. The molecule has 2 aromatic heterocycles. The van der Waals surface area contributed by atoms with Gasteiger partial charge in [0.2, 0.25) is 5.91 Å². The highest BCUT2D eigenvalue weighted by Gasteiger charge is 2.40. The molecule has 1 saturated carbocycles. The van der Waals surface area contributed by atoms with Crippen LogP contribution in [0.15, 0.2) is 59.8 Å². The van der Waals surface area contributed by atoms with Gasteiger partial charge in [0.05, 0.1) is 5.92 Å². The van der Waals surface area contributed by atoms with Crippen LogP contribution in [0, 0.1) is 5.92 Å². The van der Waals surface area contributed by atoms with Crippen molar-refractivity contribution in [3.05, 3.63) is 76.5 Å². The largest absolute Gasteiger partial charge is 0.335 e. The van der Waals surface area contributed by atoms with Crippen LogP contribution >= 0.6 is 0 Å². The van der Waals surface area contributed by atoms with Gasteiger partial charge in [-0.2, -0.15) is 0 Å². The fourth-order valence-electron chi connectivity index (χ4n) is 4.81. The molecule has 2 atom stereocenters. The number of carbonyl (C=O) groups is 1. The standard InChI is InChI=1S/C25H28N4O2/c1-28-12-9-17(13-24(28)30)22-8-11-27-15-23(22)25(31)29(20-5-6-20)16-19-4-2-3-18-14-26-10-7-21(18)19/h2-4,7,9-10,12-14,20,22-23,27H,5-6,8,11,15-16H2,1H3. The third-order valence-electron chi connectivity index (χ3n) is 6.74. The summed E-state index contributed by atoms with van der Waals surface area (Å²) in [6.07, 6.45) is 8.49. The predicted molar refractivity (Wildman–Crippen MR) is 121 cm³/mol. The number of rotatable bonds is 5. The minimum Gasteiger partial charge on any atom is -0.335 e. The van der Waals surface area contributed by atoms with Gasteiger partial charge in [-0.3, -0.25) is 14.6 Å². The SMILES string of the molecule is Cn1ccc(C2CCNCC2C(=O)N(Cc2cccc3cnccc23)C2CC2)cc1=O. The summed E-state index contributed by atoms with van der Waals surface area (Å²) < 4.78 is 1.58. The van der Waals surface area contributed by atoms with Gasteiger partial charge in [-0.1, -0.05) is 18.2 Å². The number of carbonyl (C=O) groups excluding carboxylic acids is 1. The van der Waals surface area contributed by atoms with E-state index >= 15 is 0 Å². The van der Waals surface area contributed by atoms with Crippen LogP contribution in [0.3, 0.4) is 0 Å². The van der Waals surface area contributed by atoms with Crippen LogP contribution in [0.1, 0.15) is 36.3 Å². The second-order valence-electron chi connectivity index (χ2n) is 8.83. The Labute approximate surface area is 181 Å². The van der Waals surface area contributed by atoms with E-state index in [0.717, 1.165) is 47.7 Å². The lowest BCUT2D eigenvalue weighted by atomic mass is 9.80. The second kappa shape index (κ2) is 8.27. The third-order valence-corrected chi connectivity index (χ3v) is 6.74. The molecular formula is C25H28N4O2. The molecule has 5 rings (SSSR count). The van der Waals surface area contributed by atoms with Crippen molar-refractivity contribution in [2.45, 2.75) is 37.8 Å². The number of benzene rings is 1. The van der Waals surface area contributed by atoms with Crippen LogP contribution in [-0.2, 0) is 18.4 Å². The fraction of sp³-hybridized carbons (Fsp3) is 0.400. The lowest BCUT2D eigenvalue weighted by Gasteiger charge is -2.36. The first-order valence-electron chi connectivity index (χ1n) is 11.1. The Morgan fingerprint density at radius 2 is 2.10 bits per heavy atom. The van der Waals surface area contributed by atoms with E-state index in [1.165, 1.54) is 0 Å². The molecule has 160 valence electrons. The van der Waals surface area contributed by atoms with Gasteiger partial charge in [-0.25, -0.2) is 0 Å². The fourth-order valence-corrected chi connectivity index (χ4v) is 4.81. The molecule has 2 aliphatic rings. The van der Waals surface area contributed by atoms with Crippen LogP contribution in [0.25, 0.3) is 10.8 Å². The highest BCUT2D eigenvalue weighted by Crippen LogP contribution is 2.36. The Balaban J connectivity index is 1.45. The van der Waals surface area contributed by atoms with Gasteiger partial charge < -0.3 is 14.8 Å². The molecule has 2 unspecified atom stereocenters. The van der Waals surface area contributed by atoms with Gasteiger partial charge in [-0.15, -0.1) is 0 Å². The first kappa shape index (κ1) is 19.9. The van der Waals surface area contributed by atoms with Crippen molar-refractivity contribution in [2.24, 2.45) is 13.0 Å². The molecule has 0 bridgehead atoms. The Morgan fingerprint density at radius 3 is 2.90 bits per heavy atom.